The number of rotatable bonds is 5. The fourth-order valence-corrected chi connectivity index (χ4v) is 5.66. The molecule has 2 aromatic carbocycles. The summed E-state index contributed by atoms with van der Waals surface area (Å²) in [5.41, 5.74) is 2.33. The van der Waals surface area contributed by atoms with E-state index < -0.39 is 9.84 Å². The number of carbonyl (C=O) groups excluding carboxylic acids is 1. The first-order valence-electron chi connectivity index (χ1n) is 9.49. The number of para-hydroxylation sites is 2. The van der Waals surface area contributed by atoms with Gasteiger partial charge in [0.05, 0.1) is 27.7 Å². The molecule has 0 aliphatic heterocycles. The summed E-state index contributed by atoms with van der Waals surface area (Å²) in [7, 11) is -1.39. The number of carbonyl (C=O) groups is 1. The van der Waals surface area contributed by atoms with Crippen LogP contribution in [0.25, 0.3) is 11.0 Å². The molecule has 0 radical (unpaired) electrons. The summed E-state index contributed by atoms with van der Waals surface area (Å²) in [6.45, 7) is 0.298. The molecule has 7 heteroatoms. The van der Waals surface area contributed by atoms with Crippen molar-refractivity contribution in [1.82, 2.24) is 14.9 Å². The molecule has 28 heavy (non-hydrogen) atoms. The highest BCUT2D eigenvalue weighted by Gasteiger charge is 2.30. The van der Waals surface area contributed by atoms with Crippen LogP contribution in [0.1, 0.15) is 41.9 Å². The quantitative estimate of drug-likeness (QED) is 0.717. The second-order valence-corrected chi connectivity index (χ2v) is 9.46. The van der Waals surface area contributed by atoms with Gasteiger partial charge < -0.3 is 9.88 Å². The van der Waals surface area contributed by atoms with E-state index in [9.17, 15) is 13.2 Å². The second kappa shape index (κ2) is 7.39. The fraction of sp³-hybridized carbons (Fsp3) is 0.333. The van der Waals surface area contributed by atoms with Gasteiger partial charge in [0.2, 0.25) is 0 Å². The first-order chi connectivity index (χ1) is 13.5. The number of aromatic nitrogens is 2. The molecule has 1 fully saturated rings. The molecule has 146 valence electrons. The van der Waals surface area contributed by atoms with Crippen molar-refractivity contribution in [3.8, 4) is 0 Å². The van der Waals surface area contributed by atoms with E-state index in [2.05, 4.69) is 10.3 Å². The molecule has 3 aromatic rings. The van der Waals surface area contributed by atoms with Crippen molar-refractivity contribution in [3.05, 3.63) is 59.9 Å². The second-order valence-electron chi connectivity index (χ2n) is 7.23. The molecule has 1 amide bonds. The van der Waals surface area contributed by atoms with Gasteiger partial charge in [0, 0.05) is 12.6 Å². The molecular formula is C21H23N3O3S. The highest BCUT2D eigenvalue weighted by Crippen LogP contribution is 2.29. The zero-order valence-electron chi connectivity index (χ0n) is 15.8. The normalized spacial score (nSPS) is 15.2. The molecular weight excluding hydrogens is 374 g/mol. The number of imidazole rings is 1. The lowest BCUT2D eigenvalue weighted by Gasteiger charge is -2.11. The molecule has 4 rings (SSSR count). The summed E-state index contributed by atoms with van der Waals surface area (Å²) in [6, 6.07) is 14.0. The average molecular weight is 398 g/mol. The van der Waals surface area contributed by atoms with Crippen molar-refractivity contribution >= 4 is 26.8 Å². The number of aryl methyl sites for hydroxylation is 1. The number of fused-ring (bicyclic) bond motifs is 1. The minimum atomic E-state index is -3.30. The summed E-state index contributed by atoms with van der Waals surface area (Å²) >= 11 is 0. The highest BCUT2D eigenvalue weighted by molar-refractivity contribution is 7.92. The number of hydrogen-bond acceptors (Lipinski definition) is 4. The third-order valence-corrected chi connectivity index (χ3v) is 7.75. The van der Waals surface area contributed by atoms with Crippen LogP contribution in [-0.4, -0.2) is 29.1 Å². The van der Waals surface area contributed by atoms with Gasteiger partial charge in [-0.15, -0.1) is 0 Å². The highest BCUT2D eigenvalue weighted by atomic mass is 32.2. The maximum atomic E-state index is 12.6. The van der Waals surface area contributed by atoms with Crippen LogP contribution < -0.4 is 5.32 Å². The minimum Gasteiger partial charge on any atom is -0.345 e. The third kappa shape index (κ3) is 3.42. The SMILES string of the molecule is Cn1c(CNC(=O)c2ccc(S(=O)(=O)C3CCCC3)cc2)nc2ccccc21. The Morgan fingerprint density at radius 1 is 1.11 bits per heavy atom. The van der Waals surface area contributed by atoms with Gasteiger partial charge in [-0.25, -0.2) is 13.4 Å². The van der Waals surface area contributed by atoms with E-state index in [0.717, 1.165) is 42.5 Å². The Kier molecular flexibility index (Phi) is 4.93. The first kappa shape index (κ1) is 18.7. The van der Waals surface area contributed by atoms with Crippen LogP contribution in [0.5, 0.6) is 0 Å². The molecule has 0 bridgehead atoms. The number of benzene rings is 2. The zero-order valence-corrected chi connectivity index (χ0v) is 16.6. The Bertz CT molecular complexity index is 1110. The van der Waals surface area contributed by atoms with Gasteiger partial charge in [-0.05, 0) is 49.2 Å². The van der Waals surface area contributed by atoms with Crippen LogP contribution in [0.2, 0.25) is 0 Å². The average Bonchev–Trinajstić information content (AvgIpc) is 3.36. The van der Waals surface area contributed by atoms with Crippen LogP contribution in [0, 0.1) is 0 Å². The van der Waals surface area contributed by atoms with Crippen LogP contribution in [0.3, 0.4) is 0 Å². The number of hydrogen-bond donors (Lipinski definition) is 1. The molecule has 0 spiro atoms. The smallest absolute Gasteiger partial charge is 0.251 e. The molecule has 1 aromatic heterocycles. The number of amides is 1. The largest absolute Gasteiger partial charge is 0.345 e. The lowest BCUT2D eigenvalue weighted by atomic mass is 10.2. The molecule has 1 N–H and O–H groups in total. The number of nitrogens with one attached hydrogen (secondary N) is 1. The molecule has 0 unspecified atom stereocenters. The number of sulfone groups is 1. The Morgan fingerprint density at radius 3 is 2.46 bits per heavy atom. The Morgan fingerprint density at radius 2 is 1.79 bits per heavy atom. The minimum absolute atomic E-state index is 0.253. The molecule has 6 nitrogen and oxygen atoms in total. The van der Waals surface area contributed by atoms with E-state index in [1.54, 1.807) is 12.1 Å². The van der Waals surface area contributed by atoms with Crippen molar-refractivity contribution in [3.63, 3.8) is 0 Å². The molecule has 1 aliphatic rings. The summed E-state index contributed by atoms with van der Waals surface area (Å²) in [5, 5.41) is 2.57. The van der Waals surface area contributed by atoms with E-state index in [1.165, 1.54) is 12.1 Å². The van der Waals surface area contributed by atoms with Crippen molar-refractivity contribution in [1.29, 1.82) is 0 Å². The van der Waals surface area contributed by atoms with Gasteiger partial charge in [-0.2, -0.15) is 0 Å². The predicted molar refractivity (Wildman–Crippen MR) is 108 cm³/mol. The fourth-order valence-electron chi connectivity index (χ4n) is 3.80. The molecule has 1 saturated carbocycles. The van der Waals surface area contributed by atoms with Crippen molar-refractivity contribution in [2.45, 2.75) is 42.4 Å². The summed E-state index contributed by atoms with van der Waals surface area (Å²) in [6.07, 6.45) is 3.38. The maximum Gasteiger partial charge on any atom is 0.251 e. The Balaban J connectivity index is 1.45. The maximum absolute atomic E-state index is 12.6. The van der Waals surface area contributed by atoms with Gasteiger partial charge in [-0.3, -0.25) is 4.79 Å². The third-order valence-electron chi connectivity index (χ3n) is 5.47. The lowest BCUT2D eigenvalue weighted by molar-refractivity contribution is 0.0949. The van der Waals surface area contributed by atoms with Gasteiger partial charge >= 0.3 is 0 Å². The van der Waals surface area contributed by atoms with Gasteiger partial charge in [-0.1, -0.05) is 25.0 Å². The van der Waals surface area contributed by atoms with Crippen LogP contribution >= 0.6 is 0 Å². The van der Waals surface area contributed by atoms with Crippen LogP contribution in [0.4, 0.5) is 0 Å². The monoisotopic (exact) mass is 397 g/mol. The van der Waals surface area contributed by atoms with E-state index in [4.69, 9.17) is 0 Å². The zero-order chi connectivity index (χ0) is 19.7. The van der Waals surface area contributed by atoms with E-state index >= 15 is 0 Å². The Hall–Kier alpha value is -2.67. The van der Waals surface area contributed by atoms with E-state index in [-0.39, 0.29) is 11.2 Å². The molecule has 0 atom stereocenters. The van der Waals surface area contributed by atoms with Gasteiger partial charge in [0.25, 0.3) is 5.91 Å². The van der Waals surface area contributed by atoms with Crippen molar-refractivity contribution in [2.24, 2.45) is 7.05 Å². The summed E-state index contributed by atoms with van der Waals surface area (Å²) < 4.78 is 27.2. The topological polar surface area (TPSA) is 81.1 Å². The standard InChI is InChI=1S/C21H23N3O3S/c1-24-19-9-5-4-8-18(19)23-20(24)14-22-21(25)15-10-12-17(13-11-15)28(26,27)16-6-2-3-7-16/h4-5,8-13,16H,2-3,6-7,14H2,1H3,(H,22,25). The van der Waals surface area contributed by atoms with Gasteiger partial charge in [0.1, 0.15) is 5.82 Å². The molecule has 1 aliphatic carbocycles. The van der Waals surface area contributed by atoms with Crippen molar-refractivity contribution < 1.29 is 13.2 Å². The molecule has 0 saturated heterocycles. The van der Waals surface area contributed by atoms with Gasteiger partial charge in [0.15, 0.2) is 9.84 Å². The van der Waals surface area contributed by atoms with Crippen LogP contribution in [-0.2, 0) is 23.4 Å². The van der Waals surface area contributed by atoms with Crippen LogP contribution in [0.15, 0.2) is 53.4 Å². The first-order valence-corrected chi connectivity index (χ1v) is 11.0. The molecule has 1 heterocycles. The summed E-state index contributed by atoms with van der Waals surface area (Å²) in [5.74, 6) is 0.506. The number of nitrogens with zero attached hydrogens (tertiary/aromatic N) is 2. The van der Waals surface area contributed by atoms with Crippen molar-refractivity contribution in [2.75, 3.05) is 0 Å². The predicted octanol–water partition coefficient (Wildman–Crippen LogP) is 3.22. The van der Waals surface area contributed by atoms with E-state index in [0.29, 0.717) is 17.0 Å². The van der Waals surface area contributed by atoms with E-state index in [1.807, 2.05) is 35.9 Å². The Labute approximate surface area is 164 Å². The lowest BCUT2D eigenvalue weighted by Crippen LogP contribution is -2.24. The summed E-state index contributed by atoms with van der Waals surface area (Å²) in [4.78, 5) is 17.3.